The Hall–Kier alpha value is -2.11. The number of fused-ring (bicyclic) bond motifs is 1. The second-order valence-corrected chi connectivity index (χ2v) is 8.18. The van der Waals surface area contributed by atoms with E-state index in [-0.39, 0.29) is 0 Å². The zero-order chi connectivity index (χ0) is 19.0. The molecule has 0 amide bonds. The molecule has 0 fully saturated rings. The van der Waals surface area contributed by atoms with Gasteiger partial charge in [-0.1, -0.05) is 47.5 Å². The quantitative estimate of drug-likeness (QED) is 0.451. The van der Waals surface area contributed by atoms with Gasteiger partial charge in [0.05, 0.1) is 17.0 Å². The van der Waals surface area contributed by atoms with Gasteiger partial charge in [0, 0.05) is 26.9 Å². The highest BCUT2D eigenvalue weighted by Crippen LogP contribution is 2.44. The van der Waals surface area contributed by atoms with Gasteiger partial charge >= 0.3 is 0 Å². The summed E-state index contributed by atoms with van der Waals surface area (Å²) in [6.45, 7) is 0. The molecule has 3 nitrogen and oxygen atoms in total. The molecule has 6 heteroatoms. The number of aromatic nitrogens is 1. The molecule has 2 heterocycles. The lowest BCUT2D eigenvalue weighted by atomic mass is 9.84. The van der Waals surface area contributed by atoms with E-state index >= 15 is 0 Å². The van der Waals surface area contributed by atoms with Crippen LogP contribution < -0.4 is 4.74 Å². The van der Waals surface area contributed by atoms with Crippen LogP contribution in [0.3, 0.4) is 0 Å². The third kappa shape index (κ3) is 3.19. The number of hydrogen-bond acceptors (Lipinski definition) is 4. The fourth-order valence-corrected chi connectivity index (χ4v) is 4.58. The summed E-state index contributed by atoms with van der Waals surface area (Å²) in [5.41, 5.74) is 0.646. The smallest absolute Gasteiger partial charge is 0.213 e. The molecule has 27 heavy (non-hydrogen) atoms. The van der Waals surface area contributed by atoms with Crippen LogP contribution >= 0.6 is 34.5 Å². The standard InChI is InChI=1S/C21H15Cl2NO2S/c1-26-20-11-6-13-12-14(7-8-17(13)24-20)21(25,18-9-10-19(23)27-18)15-4-2-3-5-16(15)22/h2-12,25H,1H3. The number of thiophene rings is 1. The molecule has 0 saturated carbocycles. The minimum absolute atomic E-state index is 0.484. The van der Waals surface area contributed by atoms with E-state index < -0.39 is 5.60 Å². The van der Waals surface area contributed by atoms with E-state index in [4.69, 9.17) is 27.9 Å². The maximum absolute atomic E-state index is 11.9. The van der Waals surface area contributed by atoms with Gasteiger partial charge in [0.25, 0.3) is 0 Å². The predicted octanol–water partition coefficient (Wildman–Crippen LogP) is 5.90. The van der Waals surface area contributed by atoms with Crippen LogP contribution in [0.4, 0.5) is 0 Å². The first-order valence-electron chi connectivity index (χ1n) is 8.21. The number of rotatable bonds is 4. The Balaban J connectivity index is 1.96. The van der Waals surface area contributed by atoms with Crippen LogP contribution in [0.25, 0.3) is 10.9 Å². The number of pyridine rings is 1. The van der Waals surface area contributed by atoms with E-state index in [1.165, 1.54) is 11.3 Å². The van der Waals surface area contributed by atoms with E-state index in [2.05, 4.69) is 4.98 Å². The van der Waals surface area contributed by atoms with E-state index in [0.29, 0.717) is 31.2 Å². The van der Waals surface area contributed by atoms with Crippen molar-refractivity contribution in [2.24, 2.45) is 0 Å². The first kappa shape index (κ1) is 18.3. The Labute approximate surface area is 170 Å². The van der Waals surface area contributed by atoms with Crippen molar-refractivity contribution in [2.45, 2.75) is 5.60 Å². The molecular weight excluding hydrogens is 401 g/mol. The summed E-state index contributed by atoms with van der Waals surface area (Å²) in [7, 11) is 1.58. The molecule has 4 rings (SSSR count). The normalized spacial score (nSPS) is 13.5. The largest absolute Gasteiger partial charge is 0.481 e. The average Bonchev–Trinajstić information content (AvgIpc) is 3.13. The summed E-state index contributed by atoms with van der Waals surface area (Å²) in [5.74, 6) is 0.543. The van der Waals surface area contributed by atoms with E-state index in [9.17, 15) is 5.11 Å². The Morgan fingerprint density at radius 3 is 2.52 bits per heavy atom. The van der Waals surface area contributed by atoms with Gasteiger partial charge in [-0.3, -0.25) is 0 Å². The number of halogens is 2. The predicted molar refractivity (Wildman–Crippen MR) is 111 cm³/mol. The molecule has 0 bridgehead atoms. The maximum atomic E-state index is 11.9. The van der Waals surface area contributed by atoms with Crippen LogP contribution in [0.5, 0.6) is 5.88 Å². The van der Waals surface area contributed by atoms with Crippen LogP contribution in [0, 0.1) is 0 Å². The van der Waals surface area contributed by atoms with Crippen LogP contribution in [0.2, 0.25) is 9.36 Å². The van der Waals surface area contributed by atoms with E-state index in [1.807, 2.05) is 48.5 Å². The molecule has 2 aromatic carbocycles. The van der Waals surface area contributed by atoms with Gasteiger partial charge in [-0.25, -0.2) is 4.98 Å². The molecule has 0 aliphatic heterocycles. The molecule has 2 aromatic heterocycles. The molecule has 0 aliphatic rings. The second kappa shape index (κ2) is 7.13. The summed E-state index contributed by atoms with van der Waals surface area (Å²) < 4.78 is 5.79. The lowest BCUT2D eigenvalue weighted by Crippen LogP contribution is -2.28. The van der Waals surface area contributed by atoms with Gasteiger partial charge in [-0.15, -0.1) is 11.3 Å². The van der Waals surface area contributed by atoms with Crippen molar-refractivity contribution >= 4 is 45.4 Å². The van der Waals surface area contributed by atoms with E-state index in [0.717, 1.165) is 10.9 Å². The van der Waals surface area contributed by atoms with Gasteiger partial charge in [0.15, 0.2) is 5.60 Å². The van der Waals surface area contributed by atoms with Gasteiger partial charge in [-0.2, -0.15) is 0 Å². The molecule has 1 atom stereocenters. The zero-order valence-corrected chi connectivity index (χ0v) is 16.6. The topological polar surface area (TPSA) is 42.4 Å². The molecule has 4 aromatic rings. The fourth-order valence-electron chi connectivity index (χ4n) is 3.14. The van der Waals surface area contributed by atoms with Gasteiger partial charge in [0.1, 0.15) is 0 Å². The Morgan fingerprint density at radius 1 is 1.00 bits per heavy atom. The van der Waals surface area contributed by atoms with E-state index in [1.54, 1.807) is 25.3 Å². The van der Waals surface area contributed by atoms with Crippen LogP contribution in [0.15, 0.2) is 66.7 Å². The molecule has 0 radical (unpaired) electrons. The van der Waals surface area contributed by atoms with Crippen molar-refractivity contribution in [1.82, 2.24) is 4.98 Å². The Kier molecular flexibility index (Phi) is 4.82. The summed E-state index contributed by atoms with van der Waals surface area (Å²) >= 11 is 13.9. The number of aliphatic hydroxyl groups is 1. The first-order valence-corrected chi connectivity index (χ1v) is 9.78. The molecule has 0 saturated heterocycles. The minimum Gasteiger partial charge on any atom is -0.481 e. The maximum Gasteiger partial charge on any atom is 0.213 e. The van der Waals surface area contributed by atoms with Gasteiger partial charge < -0.3 is 9.84 Å². The van der Waals surface area contributed by atoms with Crippen LogP contribution in [0.1, 0.15) is 16.0 Å². The first-order chi connectivity index (χ1) is 13.0. The minimum atomic E-state index is -1.43. The SMILES string of the molecule is COc1ccc2cc(C(O)(c3ccc(Cl)s3)c3ccccc3Cl)ccc2n1. The monoisotopic (exact) mass is 415 g/mol. The summed E-state index contributed by atoms with van der Waals surface area (Å²) in [4.78, 5) is 5.13. The number of methoxy groups -OCH3 is 1. The van der Waals surface area contributed by atoms with Crippen molar-refractivity contribution in [1.29, 1.82) is 0 Å². The van der Waals surface area contributed by atoms with Crippen molar-refractivity contribution in [2.75, 3.05) is 7.11 Å². The molecule has 0 aliphatic carbocycles. The highest BCUT2D eigenvalue weighted by Gasteiger charge is 2.37. The highest BCUT2D eigenvalue weighted by atomic mass is 35.5. The third-order valence-corrected chi connectivity index (χ3v) is 6.15. The number of hydrogen-bond donors (Lipinski definition) is 1. The molecule has 1 N–H and O–H groups in total. The Morgan fingerprint density at radius 2 is 1.81 bits per heavy atom. The van der Waals surface area contributed by atoms with Crippen molar-refractivity contribution < 1.29 is 9.84 Å². The zero-order valence-electron chi connectivity index (χ0n) is 14.3. The number of ether oxygens (including phenoxy) is 1. The number of benzene rings is 2. The molecule has 136 valence electrons. The van der Waals surface area contributed by atoms with Crippen molar-refractivity contribution in [3.05, 3.63) is 92.1 Å². The summed E-state index contributed by atoms with van der Waals surface area (Å²) in [6.07, 6.45) is 0. The second-order valence-electron chi connectivity index (χ2n) is 6.06. The molecular formula is C21H15Cl2NO2S. The van der Waals surface area contributed by atoms with Gasteiger partial charge in [0.2, 0.25) is 5.88 Å². The Bertz CT molecular complexity index is 1130. The van der Waals surface area contributed by atoms with Crippen molar-refractivity contribution in [3.8, 4) is 5.88 Å². The highest BCUT2D eigenvalue weighted by molar-refractivity contribution is 7.16. The number of nitrogens with zero attached hydrogens (tertiary/aromatic N) is 1. The fraction of sp³-hybridized carbons (Fsp3) is 0.0952. The summed E-state index contributed by atoms with van der Waals surface area (Å²) in [5, 5.41) is 13.3. The average molecular weight is 416 g/mol. The van der Waals surface area contributed by atoms with Gasteiger partial charge in [-0.05, 0) is 42.0 Å². The lowest BCUT2D eigenvalue weighted by Gasteiger charge is -2.29. The third-order valence-electron chi connectivity index (χ3n) is 4.48. The lowest BCUT2D eigenvalue weighted by molar-refractivity contribution is 0.130. The van der Waals surface area contributed by atoms with Crippen molar-refractivity contribution in [3.63, 3.8) is 0 Å². The summed E-state index contributed by atoms with van der Waals surface area (Å²) in [6, 6.07) is 20.2. The molecule has 0 spiro atoms. The van der Waals surface area contributed by atoms with Crippen LogP contribution in [-0.2, 0) is 5.60 Å². The van der Waals surface area contributed by atoms with Crippen LogP contribution in [-0.4, -0.2) is 17.2 Å². The molecule has 1 unspecified atom stereocenters.